The molecule has 0 amide bonds. The molecule has 1 aromatic carbocycles. The van der Waals surface area contributed by atoms with Gasteiger partial charge in [-0.1, -0.05) is 12.1 Å². The van der Waals surface area contributed by atoms with E-state index in [0.717, 1.165) is 17.2 Å². The first-order chi connectivity index (χ1) is 7.76. The Balaban J connectivity index is 2.60. The van der Waals surface area contributed by atoms with Crippen molar-refractivity contribution in [3.05, 3.63) is 36.1 Å². The van der Waals surface area contributed by atoms with E-state index >= 15 is 0 Å². The molecule has 2 aromatic rings. The van der Waals surface area contributed by atoms with Crippen LogP contribution in [0, 0.1) is 0 Å². The number of fused-ring (bicyclic) bond motifs is 1. The van der Waals surface area contributed by atoms with Gasteiger partial charge in [0, 0.05) is 5.39 Å². The van der Waals surface area contributed by atoms with Crippen LogP contribution in [0.2, 0.25) is 0 Å². The molecule has 0 unspecified atom stereocenters. The summed E-state index contributed by atoms with van der Waals surface area (Å²) in [6, 6.07) is 7.58. The van der Waals surface area contributed by atoms with Gasteiger partial charge in [-0.3, -0.25) is 4.79 Å². The van der Waals surface area contributed by atoms with E-state index in [0.29, 0.717) is 17.1 Å². The second-order valence-electron chi connectivity index (χ2n) is 3.48. The summed E-state index contributed by atoms with van der Waals surface area (Å²) in [7, 11) is 1.60. The van der Waals surface area contributed by atoms with Gasteiger partial charge < -0.3 is 9.15 Å². The van der Waals surface area contributed by atoms with Crippen molar-refractivity contribution >= 4 is 22.8 Å². The van der Waals surface area contributed by atoms with Crippen LogP contribution in [0.5, 0.6) is 5.75 Å². The van der Waals surface area contributed by atoms with E-state index in [4.69, 9.17) is 9.15 Å². The molecule has 0 atom stereocenters. The average molecular weight is 216 g/mol. The number of rotatable bonds is 3. The minimum Gasteiger partial charge on any atom is -0.493 e. The Bertz CT molecular complexity index is 549. The van der Waals surface area contributed by atoms with Crippen LogP contribution in [0.4, 0.5) is 0 Å². The Morgan fingerprint density at radius 3 is 2.94 bits per heavy atom. The van der Waals surface area contributed by atoms with Crippen molar-refractivity contribution in [1.82, 2.24) is 0 Å². The van der Waals surface area contributed by atoms with E-state index in [1.165, 1.54) is 6.08 Å². The molecule has 16 heavy (non-hydrogen) atoms. The van der Waals surface area contributed by atoms with Crippen molar-refractivity contribution in [2.45, 2.75) is 6.92 Å². The molecule has 0 N–H and O–H groups in total. The number of hydrogen-bond acceptors (Lipinski definition) is 3. The smallest absolute Gasteiger partial charge is 0.176 e. The van der Waals surface area contributed by atoms with E-state index in [2.05, 4.69) is 0 Å². The number of para-hydroxylation sites is 1. The number of allylic oxidation sites excluding steroid dienone is 2. The van der Waals surface area contributed by atoms with Crippen LogP contribution in [0.15, 0.2) is 34.8 Å². The number of ether oxygens (including phenoxy) is 1. The number of hydrogen-bond donors (Lipinski definition) is 0. The van der Waals surface area contributed by atoms with E-state index in [-0.39, 0.29) is 0 Å². The Kier molecular flexibility index (Phi) is 2.77. The Morgan fingerprint density at radius 1 is 1.44 bits per heavy atom. The molecule has 0 radical (unpaired) electrons. The van der Waals surface area contributed by atoms with Crippen molar-refractivity contribution in [3.63, 3.8) is 0 Å². The lowest BCUT2D eigenvalue weighted by Crippen LogP contribution is -1.81. The molecule has 0 aliphatic carbocycles. The Hall–Kier alpha value is -2.03. The van der Waals surface area contributed by atoms with E-state index in [1.54, 1.807) is 7.11 Å². The van der Waals surface area contributed by atoms with E-state index in [9.17, 15) is 4.79 Å². The fraction of sp³-hybridized carbons (Fsp3) is 0.154. The first-order valence-electron chi connectivity index (χ1n) is 4.95. The fourth-order valence-electron chi connectivity index (χ4n) is 1.58. The first-order valence-corrected chi connectivity index (χ1v) is 4.95. The lowest BCUT2D eigenvalue weighted by molar-refractivity contribution is -0.104. The number of methoxy groups -OCH3 is 1. The third-order valence-electron chi connectivity index (χ3n) is 2.43. The number of carbonyl (C=O) groups is 1. The quantitative estimate of drug-likeness (QED) is 0.584. The van der Waals surface area contributed by atoms with Crippen LogP contribution in [0.1, 0.15) is 12.7 Å². The van der Waals surface area contributed by atoms with Gasteiger partial charge in [-0.2, -0.15) is 0 Å². The Labute approximate surface area is 93.3 Å². The summed E-state index contributed by atoms with van der Waals surface area (Å²) in [6.07, 6.45) is 2.23. The van der Waals surface area contributed by atoms with Gasteiger partial charge in [-0.25, -0.2) is 0 Å². The molecule has 0 saturated carbocycles. The summed E-state index contributed by atoms with van der Waals surface area (Å²) in [4.78, 5) is 10.4. The number of carbonyl (C=O) groups excluding carboxylic acids is 1. The summed E-state index contributed by atoms with van der Waals surface area (Å²) in [6.45, 7) is 1.83. The largest absolute Gasteiger partial charge is 0.493 e. The topological polar surface area (TPSA) is 39.4 Å². The summed E-state index contributed by atoms with van der Waals surface area (Å²) < 4.78 is 10.8. The van der Waals surface area contributed by atoms with Crippen molar-refractivity contribution in [2.24, 2.45) is 0 Å². The predicted octanol–water partition coefficient (Wildman–Crippen LogP) is 3.04. The number of benzene rings is 1. The zero-order chi connectivity index (χ0) is 11.5. The van der Waals surface area contributed by atoms with Gasteiger partial charge in [-0.15, -0.1) is 0 Å². The third-order valence-corrected chi connectivity index (χ3v) is 2.43. The molecule has 0 saturated heterocycles. The van der Waals surface area contributed by atoms with Gasteiger partial charge in [0.05, 0.1) is 7.11 Å². The molecule has 0 fully saturated rings. The molecule has 1 aromatic heterocycles. The minimum absolute atomic E-state index is 0.687. The average Bonchev–Trinajstić information content (AvgIpc) is 2.72. The van der Waals surface area contributed by atoms with Crippen LogP contribution in [0.25, 0.3) is 16.5 Å². The van der Waals surface area contributed by atoms with Crippen LogP contribution < -0.4 is 4.74 Å². The summed E-state index contributed by atoms with van der Waals surface area (Å²) in [5.74, 6) is 1.38. The van der Waals surface area contributed by atoms with Gasteiger partial charge in [0.1, 0.15) is 12.0 Å². The standard InChI is InChI=1S/C13H12O3/c1-9(6-7-14)12-8-10-4-3-5-11(15-2)13(10)16-12/h3-8H,1-2H3. The van der Waals surface area contributed by atoms with Crippen molar-refractivity contribution in [2.75, 3.05) is 7.11 Å². The molecule has 0 bridgehead atoms. The van der Waals surface area contributed by atoms with E-state index < -0.39 is 0 Å². The molecule has 0 aliphatic heterocycles. The fourth-order valence-corrected chi connectivity index (χ4v) is 1.58. The first kappa shape index (κ1) is 10.5. The zero-order valence-corrected chi connectivity index (χ0v) is 9.19. The highest BCUT2D eigenvalue weighted by Gasteiger charge is 2.09. The summed E-state index contributed by atoms with van der Waals surface area (Å²) in [5.41, 5.74) is 1.51. The minimum atomic E-state index is 0.687. The molecule has 0 spiro atoms. The highest BCUT2D eigenvalue weighted by atomic mass is 16.5. The van der Waals surface area contributed by atoms with Gasteiger partial charge >= 0.3 is 0 Å². The second-order valence-corrected chi connectivity index (χ2v) is 3.48. The van der Waals surface area contributed by atoms with Crippen LogP contribution in [0.3, 0.4) is 0 Å². The lowest BCUT2D eigenvalue weighted by Gasteiger charge is -1.98. The number of furan rings is 1. The number of aldehydes is 1. The van der Waals surface area contributed by atoms with Crippen LogP contribution in [-0.2, 0) is 4.79 Å². The Morgan fingerprint density at radius 2 is 2.25 bits per heavy atom. The van der Waals surface area contributed by atoms with E-state index in [1.807, 2.05) is 31.2 Å². The predicted molar refractivity (Wildman–Crippen MR) is 62.5 cm³/mol. The highest BCUT2D eigenvalue weighted by Crippen LogP contribution is 2.30. The van der Waals surface area contributed by atoms with Gasteiger partial charge in [0.25, 0.3) is 0 Å². The maximum absolute atomic E-state index is 10.4. The molecule has 2 rings (SSSR count). The highest BCUT2D eigenvalue weighted by molar-refractivity contribution is 5.88. The normalized spacial score (nSPS) is 11.8. The second kappa shape index (κ2) is 4.23. The molecule has 3 nitrogen and oxygen atoms in total. The SMILES string of the molecule is COc1cccc2cc(C(C)=CC=O)oc12. The maximum atomic E-state index is 10.4. The van der Waals surface area contributed by atoms with Crippen molar-refractivity contribution in [1.29, 1.82) is 0 Å². The van der Waals surface area contributed by atoms with Crippen LogP contribution >= 0.6 is 0 Å². The van der Waals surface area contributed by atoms with Crippen molar-refractivity contribution in [3.8, 4) is 5.75 Å². The van der Waals surface area contributed by atoms with Gasteiger partial charge in [0.15, 0.2) is 11.3 Å². The van der Waals surface area contributed by atoms with Crippen LogP contribution in [-0.4, -0.2) is 13.4 Å². The maximum Gasteiger partial charge on any atom is 0.176 e. The monoisotopic (exact) mass is 216 g/mol. The van der Waals surface area contributed by atoms with Crippen molar-refractivity contribution < 1.29 is 13.9 Å². The summed E-state index contributed by atoms with van der Waals surface area (Å²) in [5, 5.41) is 0.966. The molecule has 82 valence electrons. The van der Waals surface area contributed by atoms with Gasteiger partial charge in [0.2, 0.25) is 0 Å². The molecular weight excluding hydrogens is 204 g/mol. The molecule has 3 heteroatoms. The zero-order valence-electron chi connectivity index (χ0n) is 9.19. The molecular formula is C13H12O3. The molecule has 0 aliphatic rings. The lowest BCUT2D eigenvalue weighted by atomic mass is 10.2. The van der Waals surface area contributed by atoms with Gasteiger partial charge in [-0.05, 0) is 30.7 Å². The third kappa shape index (κ3) is 1.72. The molecule has 1 heterocycles. The summed E-state index contributed by atoms with van der Waals surface area (Å²) >= 11 is 0.